The first-order valence-corrected chi connectivity index (χ1v) is 6.92. The van der Waals surface area contributed by atoms with E-state index in [9.17, 15) is 13.4 Å². The van der Waals surface area contributed by atoms with Crippen molar-refractivity contribution in [1.29, 1.82) is 0 Å². The molecule has 0 aliphatic rings. The first-order valence-electron chi connectivity index (χ1n) is 5.70. The number of nitrogen functional groups attached to an aromatic ring is 1. The van der Waals surface area contributed by atoms with Crippen molar-refractivity contribution in [3.63, 3.8) is 0 Å². The Labute approximate surface area is 108 Å². The highest BCUT2D eigenvalue weighted by Crippen LogP contribution is 2.20. The zero-order valence-electron chi connectivity index (χ0n) is 10.4. The molecule has 2 unspecified atom stereocenters. The molecule has 0 radical (unpaired) electrons. The highest BCUT2D eigenvalue weighted by atomic mass is 32.2. The molecule has 6 heteroatoms. The van der Waals surface area contributed by atoms with Crippen LogP contribution in [-0.2, 0) is 15.6 Å². The Balaban J connectivity index is 2.86. The number of hydrogen-bond donors (Lipinski definition) is 2. The molecule has 1 amide bonds. The van der Waals surface area contributed by atoms with Gasteiger partial charge >= 0.3 is 0 Å². The molecule has 0 spiro atoms. The third kappa shape index (κ3) is 3.53. The van der Waals surface area contributed by atoms with Crippen LogP contribution in [0.15, 0.2) is 23.1 Å². The summed E-state index contributed by atoms with van der Waals surface area (Å²) in [6, 6.07) is 3.64. The lowest BCUT2D eigenvalue weighted by Crippen LogP contribution is -2.36. The minimum atomic E-state index is -1.66. The van der Waals surface area contributed by atoms with Crippen LogP contribution < -0.4 is 11.1 Å². The van der Waals surface area contributed by atoms with Crippen molar-refractivity contribution in [3.05, 3.63) is 24.0 Å². The lowest BCUT2D eigenvalue weighted by molar-refractivity contribution is -0.120. The minimum absolute atomic E-state index is 0.161. The van der Waals surface area contributed by atoms with Crippen molar-refractivity contribution in [2.45, 2.75) is 30.4 Å². The first kappa shape index (κ1) is 14.6. The fourth-order valence-electron chi connectivity index (χ4n) is 1.36. The Hall–Kier alpha value is -1.43. The predicted molar refractivity (Wildman–Crippen MR) is 70.0 cm³/mol. The molecular weight excluding hydrogens is 255 g/mol. The van der Waals surface area contributed by atoms with E-state index in [1.54, 1.807) is 0 Å². The van der Waals surface area contributed by atoms with Crippen molar-refractivity contribution < 1.29 is 13.4 Å². The molecule has 0 saturated heterocycles. The van der Waals surface area contributed by atoms with Crippen molar-refractivity contribution in [1.82, 2.24) is 5.32 Å². The Bertz CT molecular complexity index is 465. The summed E-state index contributed by atoms with van der Waals surface area (Å²) >= 11 is 0. The van der Waals surface area contributed by atoms with Crippen LogP contribution in [0.4, 0.5) is 10.1 Å². The van der Waals surface area contributed by atoms with Crippen molar-refractivity contribution in [2.75, 3.05) is 12.3 Å². The van der Waals surface area contributed by atoms with Crippen molar-refractivity contribution in [3.8, 4) is 0 Å². The summed E-state index contributed by atoms with van der Waals surface area (Å²) < 4.78 is 25.2. The molecule has 1 rings (SSSR count). The van der Waals surface area contributed by atoms with Gasteiger partial charge in [-0.05, 0) is 31.5 Å². The van der Waals surface area contributed by atoms with Crippen LogP contribution in [0.2, 0.25) is 0 Å². The van der Waals surface area contributed by atoms with Gasteiger partial charge in [-0.1, -0.05) is 6.92 Å². The maximum atomic E-state index is 13.1. The zero-order chi connectivity index (χ0) is 13.7. The number of anilines is 1. The topological polar surface area (TPSA) is 72.2 Å². The molecule has 0 fully saturated rings. The molecule has 3 N–H and O–H groups in total. The molecule has 0 heterocycles. The van der Waals surface area contributed by atoms with Crippen LogP contribution in [-0.4, -0.2) is 21.9 Å². The van der Waals surface area contributed by atoms with Gasteiger partial charge in [0.25, 0.3) is 0 Å². The fourth-order valence-corrected chi connectivity index (χ4v) is 2.55. The largest absolute Gasteiger partial charge is 0.398 e. The summed E-state index contributed by atoms with van der Waals surface area (Å²) in [6.45, 7) is 3.98. The summed E-state index contributed by atoms with van der Waals surface area (Å²) in [7, 11) is -1.66. The molecule has 4 nitrogen and oxygen atoms in total. The second kappa shape index (κ2) is 6.49. The number of amides is 1. The lowest BCUT2D eigenvalue weighted by atomic mass is 10.3. The van der Waals surface area contributed by atoms with E-state index in [2.05, 4.69) is 5.32 Å². The number of carbonyl (C=O) groups excluding carboxylic acids is 1. The Morgan fingerprint density at radius 3 is 2.83 bits per heavy atom. The van der Waals surface area contributed by atoms with E-state index in [0.717, 1.165) is 12.5 Å². The Morgan fingerprint density at radius 2 is 2.22 bits per heavy atom. The van der Waals surface area contributed by atoms with Gasteiger partial charge < -0.3 is 11.1 Å². The van der Waals surface area contributed by atoms with E-state index in [4.69, 9.17) is 5.73 Å². The van der Waals surface area contributed by atoms with Crippen LogP contribution in [0.25, 0.3) is 0 Å². The smallest absolute Gasteiger partial charge is 0.235 e. The lowest BCUT2D eigenvalue weighted by Gasteiger charge is -2.13. The van der Waals surface area contributed by atoms with E-state index < -0.39 is 21.9 Å². The predicted octanol–water partition coefficient (Wildman–Crippen LogP) is 1.43. The molecule has 0 aliphatic heterocycles. The second-order valence-corrected chi connectivity index (χ2v) is 5.65. The van der Waals surface area contributed by atoms with Gasteiger partial charge in [0.1, 0.15) is 11.1 Å². The van der Waals surface area contributed by atoms with Crippen LogP contribution in [0.3, 0.4) is 0 Å². The van der Waals surface area contributed by atoms with Gasteiger partial charge in [-0.2, -0.15) is 0 Å². The molecule has 0 saturated carbocycles. The van der Waals surface area contributed by atoms with Gasteiger partial charge in [0.05, 0.1) is 15.7 Å². The molecular formula is C12H17FN2O2S. The zero-order valence-corrected chi connectivity index (χ0v) is 11.2. The van der Waals surface area contributed by atoms with Crippen molar-refractivity contribution in [2.24, 2.45) is 0 Å². The van der Waals surface area contributed by atoms with Crippen LogP contribution in [0, 0.1) is 5.82 Å². The summed E-state index contributed by atoms with van der Waals surface area (Å²) in [6.07, 6.45) is 0.799. The standard InChI is InChI=1S/C12H17FN2O2S/c1-3-6-15-12(16)8(2)18(17)11-7-9(13)4-5-10(11)14/h4-5,7-8H,3,6,14H2,1-2H3,(H,15,16). The van der Waals surface area contributed by atoms with Gasteiger partial charge in [-0.15, -0.1) is 0 Å². The molecule has 1 aromatic carbocycles. The average molecular weight is 272 g/mol. The Morgan fingerprint density at radius 1 is 1.56 bits per heavy atom. The summed E-state index contributed by atoms with van der Waals surface area (Å²) in [5.74, 6) is -0.840. The number of benzene rings is 1. The van der Waals surface area contributed by atoms with E-state index in [1.807, 2.05) is 6.92 Å². The summed E-state index contributed by atoms with van der Waals surface area (Å²) in [5, 5.41) is 1.89. The maximum absolute atomic E-state index is 13.1. The summed E-state index contributed by atoms with van der Waals surface area (Å²) in [4.78, 5) is 11.8. The molecule has 0 bridgehead atoms. The van der Waals surface area contributed by atoms with Crippen LogP contribution in [0.5, 0.6) is 0 Å². The number of rotatable bonds is 5. The van der Waals surface area contributed by atoms with Gasteiger partial charge in [0, 0.05) is 12.2 Å². The number of halogens is 1. The van der Waals surface area contributed by atoms with Gasteiger partial charge in [0.2, 0.25) is 5.91 Å². The van der Waals surface area contributed by atoms with Gasteiger partial charge in [-0.3, -0.25) is 9.00 Å². The number of hydrogen-bond acceptors (Lipinski definition) is 3. The molecule has 18 heavy (non-hydrogen) atoms. The highest BCUT2D eigenvalue weighted by Gasteiger charge is 2.22. The molecule has 100 valence electrons. The van der Waals surface area contributed by atoms with E-state index >= 15 is 0 Å². The number of nitrogens with one attached hydrogen (secondary N) is 1. The molecule has 1 aromatic rings. The van der Waals surface area contributed by atoms with E-state index in [0.29, 0.717) is 6.54 Å². The third-order valence-electron chi connectivity index (χ3n) is 2.43. The maximum Gasteiger partial charge on any atom is 0.235 e. The monoisotopic (exact) mass is 272 g/mol. The van der Waals surface area contributed by atoms with E-state index in [-0.39, 0.29) is 16.5 Å². The number of nitrogens with two attached hydrogens (primary N) is 1. The highest BCUT2D eigenvalue weighted by molar-refractivity contribution is 7.86. The Kier molecular flexibility index (Phi) is 5.27. The number of carbonyl (C=O) groups is 1. The second-order valence-electron chi connectivity index (χ2n) is 3.91. The molecule has 0 aromatic heterocycles. The molecule has 2 atom stereocenters. The third-order valence-corrected chi connectivity index (χ3v) is 4.08. The van der Waals surface area contributed by atoms with Crippen molar-refractivity contribution >= 4 is 22.4 Å². The van der Waals surface area contributed by atoms with Crippen LogP contribution >= 0.6 is 0 Å². The average Bonchev–Trinajstić information content (AvgIpc) is 2.37. The quantitative estimate of drug-likeness (QED) is 0.796. The van der Waals surface area contributed by atoms with E-state index in [1.165, 1.54) is 19.1 Å². The fraction of sp³-hybridized carbons (Fsp3) is 0.417. The van der Waals surface area contributed by atoms with Crippen LogP contribution in [0.1, 0.15) is 20.3 Å². The first-order chi connectivity index (χ1) is 8.47. The summed E-state index contributed by atoms with van der Waals surface area (Å²) in [5.41, 5.74) is 5.86. The van der Waals surface area contributed by atoms with Gasteiger partial charge in [-0.25, -0.2) is 4.39 Å². The van der Waals surface area contributed by atoms with Gasteiger partial charge in [0.15, 0.2) is 0 Å². The molecule has 0 aliphatic carbocycles. The SMILES string of the molecule is CCCNC(=O)C(C)S(=O)c1cc(F)ccc1N. The minimum Gasteiger partial charge on any atom is -0.398 e. The normalized spacial score (nSPS) is 13.9.